The molecule has 3 rings (SSSR count). The van der Waals surface area contributed by atoms with Gasteiger partial charge in [0, 0.05) is 12.5 Å². The molecule has 0 radical (unpaired) electrons. The number of methoxy groups -OCH3 is 1. The molecular formula is C9H14O. The number of hydrogen-bond donors (Lipinski definition) is 0. The van der Waals surface area contributed by atoms with Gasteiger partial charge in [0.25, 0.3) is 0 Å². The van der Waals surface area contributed by atoms with Gasteiger partial charge in [-0.3, -0.25) is 0 Å². The highest BCUT2D eigenvalue weighted by atomic mass is 16.5. The van der Waals surface area contributed by atoms with Crippen LogP contribution in [0.1, 0.15) is 19.3 Å². The molecule has 0 unspecified atom stereocenters. The minimum atomic E-state index is 0.757. The lowest BCUT2D eigenvalue weighted by atomic mass is 9.83. The minimum Gasteiger partial charge on any atom is -0.384 e. The highest BCUT2D eigenvalue weighted by molar-refractivity contribution is 5.32. The Morgan fingerprint density at radius 1 is 1.40 bits per heavy atom. The summed E-state index contributed by atoms with van der Waals surface area (Å²) in [5.74, 6) is 3.33. The van der Waals surface area contributed by atoms with Crippen molar-refractivity contribution in [3.63, 3.8) is 0 Å². The van der Waals surface area contributed by atoms with E-state index in [4.69, 9.17) is 4.74 Å². The SMILES string of the molecule is COCC12C3[C@H]1CCC[C@H]32. The highest BCUT2D eigenvalue weighted by Gasteiger charge is 2.86. The fraction of sp³-hybridized carbons (Fsp3) is 1.00. The van der Waals surface area contributed by atoms with Crippen LogP contribution in [0.25, 0.3) is 0 Å². The molecule has 0 aliphatic heterocycles. The predicted molar refractivity (Wildman–Crippen MR) is 38.6 cm³/mol. The third-order valence-corrected chi connectivity index (χ3v) is 4.07. The van der Waals surface area contributed by atoms with Gasteiger partial charge in [0.15, 0.2) is 0 Å². The second kappa shape index (κ2) is 1.42. The summed E-state index contributed by atoms with van der Waals surface area (Å²) in [6, 6.07) is 0. The fourth-order valence-corrected chi connectivity index (χ4v) is 3.60. The van der Waals surface area contributed by atoms with Gasteiger partial charge in [0.1, 0.15) is 0 Å². The molecule has 0 heterocycles. The van der Waals surface area contributed by atoms with E-state index in [2.05, 4.69) is 0 Å². The van der Waals surface area contributed by atoms with Gasteiger partial charge in [-0.15, -0.1) is 0 Å². The van der Waals surface area contributed by atoms with Crippen molar-refractivity contribution in [1.82, 2.24) is 0 Å². The fourth-order valence-electron chi connectivity index (χ4n) is 3.60. The van der Waals surface area contributed by atoms with Gasteiger partial charge in [0.2, 0.25) is 0 Å². The molecule has 10 heavy (non-hydrogen) atoms. The minimum absolute atomic E-state index is 0.757. The summed E-state index contributed by atoms with van der Waals surface area (Å²) in [4.78, 5) is 0. The Kier molecular flexibility index (Phi) is 0.797. The Bertz CT molecular complexity index is 154. The van der Waals surface area contributed by atoms with Crippen LogP contribution in [0.15, 0.2) is 0 Å². The lowest BCUT2D eigenvalue weighted by molar-refractivity contribution is 0.120. The van der Waals surface area contributed by atoms with Gasteiger partial charge in [-0.1, -0.05) is 6.42 Å². The average Bonchev–Trinajstić information content (AvgIpc) is 2.80. The first-order chi connectivity index (χ1) is 4.91. The zero-order valence-corrected chi connectivity index (χ0v) is 6.47. The molecule has 56 valence electrons. The van der Waals surface area contributed by atoms with E-state index >= 15 is 0 Å². The molecule has 3 aliphatic carbocycles. The Labute approximate surface area is 61.8 Å². The predicted octanol–water partition coefficient (Wildman–Crippen LogP) is 1.68. The molecule has 0 aromatic heterocycles. The standard InChI is InChI=1S/C9H14O/c1-10-5-9-6-3-2-4-7(9)8(6)9/h6-8H,2-5H2,1H3/t6-,7-,8?,9?/m1/s1. The summed E-state index contributed by atoms with van der Waals surface area (Å²) < 4.78 is 5.25. The Hall–Kier alpha value is -0.0400. The van der Waals surface area contributed by atoms with Crippen molar-refractivity contribution < 1.29 is 4.74 Å². The molecule has 3 saturated carbocycles. The van der Waals surface area contributed by atoms with E-state index in [-0.39, 0.29) is 0 Å². The van der Waals surface area contributed by atoms with Crippen LogP contribution >= 0.6 is 0 Å². The molecule has 2 atom stereocenters. The van der Waals surface area contributed by atoms with E-state index in [0.29, 0.717) is 0 Å². The van der Waals surface area contributed by atoms with Crippen molar-refractivity contribution in [3.05, 3.63) is 0 Å². The molecule has 0 aromatic rings. The second-order valence-electron chi connectivity index (χ2n) is 4.22. The third-order valence-electron chi connectivity index (χ3n) is 4.07. The first kappa shape index (κ1) is 5.59. The molecule has 0 saturated heterocycles. The van der Waals surface area contributed by atoms with Crippen molar-refractivity contribution >= 4 is 0 Å². The summed E-state index contributed by atoms with van der Waals surface area (Å²) in [6.07, 6.45) is 4.51. The van der Waals surface area contributed by atoms with Crippen molar-refractivity contribution in [3.8, 4) is 0 Å². The summed E-state index contributed by atoms with van der Waals surface area (Å²) in [6.45, 7) is 1.06. The normalized spacial score (nSPS) is 61.5. The molecule has 0 amide bonds. The van der Waals surface area contributed by atoms with Crippen molar-refractivity contribution in [2.75, 3.05) is 13.7 Å². The number of hydrogen-bond acceptors (Lipinski definition) is 1. The Balaban J connectivity index is 1.76. The summed E-state index contributed by atoms with van der Waals surface area (Å²) in [7, 11) is 1.85. The van der Waals surface area contributed by atoms with E-state index < -0.39 is 0 Å². The molecule has 3 aliphatic rings. The van der Waals surface area contributed by atoms with Crippen molar-refractivity contribution in [1.29, 1.82) is 0 Å². The topological polar surface area (TPSA) is 9.23 Å². The third kappa shape index (κ3) is 0.378. The van der Waals surface area contributed by atoms with E-state index in [1.54, 1.807) is 0 Å². The van der Waals surface area contributed by atoms with Gasteiger partial charge in [-0.2, -0.15) is 0 Å². The highest BCUT2D eigenvalue weighted by Crippen LogP contribution is 2.88. The van der Waals surface area contributed by atoms with Crippen LogP contribution in [0.2, 0.25) is 0 Å². The van der Waals surface area contributed by atoms with Crippen LogP contribution < -0.4 is 0 Å². The van der Waals surface area contributed by atoms with Crippen molar-refractivity contribution in [2.45, 2.75) is 19.3 Å². The lowest BCUT2D eigenvalue weighted by Gasteiger charge is -2.24. The Morgan fingerprint density at radius 3 is 2.60 bits per heavy atom. The smallest absolute Gasteiger partial charge is 0.0527 e. The first-order valence-electron chi connectivity index (χ1n) is 4.40. The number of fused-ring (bicyclic) bond motifs is 2. The van der Waals surface area contributed by atoms with E-state index in [1.165, 1.54) is 19.3 Å². The van der Waals surface area contributed by atoms with Gasteiger partial charge in [-0.05, 0) is 30.6 Å². The van der Waals surface area contributed by atoms with Crippen LogP contribution in [0.5, 0.6) is 0 Å². The lowest BCUT2D eigenvalue weighted by Crippen LogP contribution is -2.18. The zero-order valence-electron chi connectivity index (χ0n) is 6.47. The molecule has 1 nitrogen and oxygen atoms in total. The molecule has 0 aromatic carbocycles. The molecule has 1 heteroatoms. The Morgan fingerprint density at radius 2 is 2.10 bits per heavy atom. The quantitative estimate of drug-likeness (QED) is 0.564. The largest absolute Gasteiger partial charge is 0.384 e. The van der Waals surface area contributed by atoms with Crippen LogP contribution in [-0.2, 0) is 4.74 Å². The summed E-state index contributed by atoms with van der Waals surface area (Å²) >= 11 is 0. The maximum atomic E-state index is 5.25. The zero-order chi connectivity index (χ0) is 6.77. The molecular weight excluding hydrogens is 124 g/mol. The van der Waals surface area contributed by atoms with Gasteiger partial charge >= 0.3 is 0 Å². The van der Waals surface area contributed by atoms with Crippen molar-refractivity contribution in [2.24, 2.45) is 23.2 Å². The molecule has 3 fully saturated rings. The van der Waals surface area contributed by atoms with E-state index in [9.17, 15) is 0 Å². The van der Waals surface area contributed by atoms with E-state index in [0.717, 1.165) is 29.8 Å². The molecule has 0 spiro atoms. The van der Waals surface area contributed by atoms with Crippen LogP contribution in [0, 0.1) is 23.2 Å². The van der Waals surface area contributed by atoms with E-state index in [1.807, 2.05) is 7.11 Å². The first-order valence-corrected chi connectivity index (χ1v) is 4.40. The maximum absolute atomic E-state index is 5.25. The van der Waals surface area contributed by atoms with Gasteiger partial charge in [-0.25, -0.2) is 0 Å². The summed E-state index contributed by atoms with van der Waals surface area (Å²) in [5, 5.41) is 0. The van der Waals surface area contributed by atoms with Crippen LogP contribution in [0.4, 0.5) is 0 Å². The van der Waals surface area contributed by atoms with Gasteiger partial charge < -0.3 is 4.74 Å². The maximum Gasteiger partial charge on any atom is 0.0527 e. The second-order valence-corrected chi connectivity index (χ2v) is 4.22. The summed E-state index contributed by atoms with van der Waals surface area (Å²) in [5.41, 5.74) is 0.757. The number of ether oxygens (including phenoxy) is 1. The average molecular weight is 138 g/mol. The van der Waals surface area contributed by atoms with Gasteiger partial charge in [0.05, 0.1) is 6.61 Å². The monoisotopic (exact) mass is 138 g/mol. The molecule has 0 N–H and O–H groups in total. The number of rotatable bonds is 2. The van der Waals surface area contributed by atoms with Crippen LogP contribution in [-0.4, -0.2) is 13.7 Å². The van der Waals surface area contributed by atoms with Crippen LogP contribution in [0.3, 0.4) is 0 Å². The molecule has 0 bridgehead atoms.